The van der Waals surface area contributed by atoms with Gasteiger partial charge in [0.25, 0.3) is 0 Å². The number of rotatable bonds is 8. The van der Waals surface area contributed by atoms with Gasteiger partial charge in [0.2, 0.25) is 11.8 Å². The van der Waals surface area contributed by atoms with Gasteiger partial charge in [-0.15, -0.1) is 0 Å². The first kappa shape index (κ1) is 27.9. The Balaban J connectivity index is 0.00000110. The van der Waals surface area contributed by atoms with Crippen LogP contribution < -0.4 is 21.1 Å². The molecule has 31 heavy (non-hydrogen) atoms. The lowest BCUT2D eigenvalue weighted by Gasteiger charge is -2.18. The molecule has 0 spiro atoms. The highest BCUT2D eigenvalue weighted by molar-refractivity contribution is 5.99. The van der Waals surface area contributed by atoms with E-state index in [4.69, 9.17) is 20.4 Å². The fourth-order valence-electron chi connectivity index (χ4n) is 2.07. The Morgan fingerprint density at radius 2 is 1.68 bits per heavy atom. The van der Waals surface area contributed by atoms with Gasteiger partial charge in [-0.05, 0) is 43.5 Å². The van der Waals surface area contributed by atoms with Gasteiger partial charge in [-0.25, -0.2) is 4.79 Å². The number of aliphatic carboxylic acids is 1. The van der Waals surface area contributed by atoms with Gasteiger partial charge in [0.1, 0.15) is 5.75 Å². The number of methoxy groups -OCH3 is 1. The molecule has 5 N–H and O–H groups in total. The first-order valence-electron chi connectivity index (χ1n) is 9.25. The molecule has 1 rings (SSSR count). The summed E-state index contributed by atoms with van der Waals surface area (Å²) in [4.78, 5) is 32.7. The highest BCUT2D eigenvalue weighted by Gasteiger charge is 2.38. The summed E-state index contributed by atoms with van der Waals surface area (Å²) in [6, 6.07) is 6.24. The van der Waals surface area contributed by atoms with Gasteiger partial charge in [0, 0.05) is 17.8 Å². The number of hydrogen-bond acceptors (Lipinski definition) is 5. The fourth-order valence-corrected chi connectivity index (χ4v) is 2.07. The van der Waals surface area contributed by atoms with Crippen LogP contribution in [0.5, 0.6) is 5.75 Å². The van der Waals surface area contributed by atoms with Gasteiger partial charge in [-0.3, -0.25) is 9.59 Å². The smallest absolute Gasteiger partial charge is 0.490 e. The minimum absolute atomic E-state index is 0.231. The van der Waals surface area contributed by atoms with Gasteiger partial charge in [0.15, 0.2) is 0 Å². The summed E-state index contributed by atoms with van der Waals surface area (Å²) in [7, 11) is 1.59. The van der Waals surface area contributed by atoms with Crippen molar-refractivity contribution < 1.29 is 37.4 Å². The second-order valence-corrected chi connectivity index (χ2v) is 6.91. The van der Waals surface area contributed by atoms with Crippen LogP contribution in [0.4, 0.5) is 18.9 Å². The maximum atomic E-state index is 12.0. The van der Waals surface area contributed by atoms with Crippen molar-refractivity contribution >= 4 is 23.5 Å². The zero-order valence-electron chi connectivity index (χ0n) is 17.7. The summed E-state index contributed by atoms with van der Waals surface area (Å²) in [5.41, 5.74) is 6.24. The number of carbonyl (C=O) groups is 3. The van der Waals surface area contributed by atoms with Crippen molar-refractivity contribution in [3.8, 4) is 5.75 Å². The quantitative estimate of drug-likeness (QED) is 0.453. The lowest BCUT2D eigenvalue weighted by atomic mass is 10.0. The fraction of sp³-hybridized carbons (Fsp3) is 0.450. The van der Waals surface area contributed by atoms with E-state index in [1.54, 1.807) is 44.4 Å². The molecule has 0 aromatic heterocycles. The van der Waals surface area contributed by atoms with E-state index in [1.807, 2.05) is 0 Å². The Hall–Kier alpha value is -3.08. The van der Waals surface area contributed by atoms with E-state index in [-0.39, 0.29) is 17.9 Å². The summed E-state index contributed by atoms with van der Waals surface area (Å²) < 4.78 is 36.8. The third kappa shape index (κ3) is 13.0. The summed E-state index contributed by atoms with van der Waals surface area (Å²) >= 11 is 0. The lowest BCUT2D eigenvalue weighted by Crippen LogP contribution is -2.43. The molecular weight excluding hydrogens is 419 g/mol. The standard InChI is InChI=1S/C18H27N3O3.C2HF3O2/c1-12(2)11-15(21-18(23)13(3)19)7-10-17(22)20-14-5-8-16(24-4)9-6-14;3-2(4,5)1(6)7/h5-10,12-13,15H,11,19H2,1-4H3,(H,20,22)(H,21,23);(H,6,7)/b10-7+;/t13-,15+;/m0./s1. The maximum Gasteiger partial charge on any atom is 0.490 e. The Bertz CT molecular complexity index is 747. The lowest BCUT2D eigenvalue weighted by molar-refractivity contribution is -0.192. The number of nitrogens with two attached hydrogens (primary N) is 1. The van der Waals surface area contributed by atoms with E-state index in [0.717, 1.165) is 12.2 Å². The van der Waals surface area contributed by atoms with Crippen molar-refractivity contribution in [3.63, 3.8) is 0 Å². The zero-order chi connectivity index (χ0) is 24.2. The molecule has 0 aliphatic rings. The number of carboxylic acid groups (broad SMARTS) is 1. The van der Waals surface area contributed by atoms with E-state index in [9.17, 15) is 22.8 Å². The van der Waals surface area contributed by atoms with Crippen molar-refractivity contribution in [2.75, 3.05) is 12.4 Å². The molecule has 1 aromatic carbocycles. The number of anilines is 1. The van der Waals surface area contributed by atoms with Gasteiger partial charge in [-0.2, -0.15) is 13.2 Å². The largest absolute Gasteiger partial charge is 0.497 e. The molecule has 0 aliphatic heterocycles. The van der Waals surface area contributed by atoms with E-state index in [2.05, 4.69) is 24.5 Å². The topological polar surface area (TPSA) is 131 Å². The summed E-state index contributed by atoms with van der Waals surface area (Å²) in [6.07, 6.45) is -1.23. The molecule has 0 aliphatic carbocycles. The number of nitrogens with one attached hydrogen (secondary N) is 2. The van der Waals surface area contributed by atoms with E-state index in [1.165, 1.54) is 6.08 Å². The summed E-state index contributed by atoms with van der Waals surface area (Å²) in [5.74, 6) is -2.16. The molecule has 2 atom stereocenters. The number of benzene rings is 1. The number of carboxylic acids is 1. The van der Waals surface area contributed by atoms with Gasteiger partial charge in [-0.1, -0.05) is 19.9 Å². The summed E-state index contributed by atoms with van der Waals surface area (Å²) in [5, 5.41) is 12.7. The van der Waals surface area contributed by atoms with Crippen molar-refractivity contribution in [1.29, 1.82) is 0 Å². The molecule has 11 heteroatoms. The summed E-state index contributed by atoms with van der Waals surface area (Å²) in [6.45, 7) is 5.73. The highest BCUT2D eigenvalue weighted by Crippen LogP contribution is 2.15. The predicted octanol–water partition coefficient (Wildman–Crippen LogP) is 2.70. The molecular formula is C20H28F3N3O5. The molecule has 2 amide bonds. The zero-order valence-corrected chi connectivity index (χ0v) is 17.7. The van der Waals surface area contributed by atoms with Crippen LogP contribution in [0.15, 0.2) is 36.4 Å². The Morgan fingerprint density at radius 1 is 1.16 bits per heavy atom. The first-order valence-corrected chi connectivity index (χ1v) is 9.25. The maximum absolute atomic E-state index is 12.0. The molecule has 0 radical (unpaired) electrons. The van der Waals surface area contributed by atoms with E-state index < -0.39 is 18.2 Å². The van der Waals surface area contributed by atoms with Crippen LogP contribution in [0, 0.1) is 5.92 Å². The van der Waals surface area contributed by atoms with Gasteiger partial charge >= 0.3 is 12.1 Å². The third-order valence-electron chi connectivity index (χ3n) is 3.55. The van der Waals surface area contributed by atoms with Gasteiger partial charge < -0.3 is 26.2 Å². The number of carbonyl (C=O) groups excluding carboxylic acids is 2. The Kier molecular flexibility index (Phi) is 12.0. The second kappa shape index (κ2) is 13.3. The monoisotopic (exact) mass is 447 g/mol. The van der Waals surface area contributed by atoms with Crippen LogP contribution >= 0.6 is 0 Å². The third-order valence-corrected chi connectivity index (χ3v) is 3.55. The predicted molar refractivity (Wildman–Crippen MR) is 109 cm³/mol. The van der Waals surface area contributed by atoms with Crippen LogP contribution in [-0.4, -0.2) is 48.3 Å². The molecule has 1 aromatic rings. The normalized spacial score (nSPS) is 13.1. The first-order chi connectivity index (χ1) is 14.3. The molecule has 0 bridgehead atoms. The molecule has 0 fully saturated rings. The van der Waals surface area contributed by atoms with Crippen LogP contribution in [0.1, 0.15) is 27.2 Å². The van der Waals surface area contributed by atoms with Gasteiger partial charge in [0.05, 0.1) is 13.2 Å². The molecule has 0 saturated heterocycles. The number of alkyl halides is 3. The second-order valence-electron chi connectivity index (χ2n) is 6.91. The number of amides is 2. The number of ether oxygens (including phenoxy) is 1. The van der Waals surface area contributed by atoms with Crippen LogP contribution in [0.3, 0.4) is 0 Å². The number of halogens is 3. The van der Waals surface area contributed by atoms with E-state index in [0.29, 0.717) is 11.6 Å². The van der Waals surface area contributed by atoms with Crippen molar-refractivity contribution in [1.82, 2.24) is 5.32 Å². The van der Waals surface area contributed by atoms with Crippen molar-refractivity contribution in [2.45, 2.75) is 45.5 Å². The highest BCUT2D eigenvalue weighted by atomic mass is 19.4. The van der Waals surface area contributed by atoms with Crippen LogP contribution in [-0.2, 0) is 14.4 Å². The molecule has 0 saturated carbocycles. The average Bonchev–Trinajstić information content (AvgIpc) is 2.66. The Morgan fingerprint density at radius 3 is 2.06 bits per heavy atom. The molecule has 174 valence electrons. The SMILES string of the molecule is COc1ccc(NC(=O)/C=C/[C@H](CC(C)C)NC(=O)[C@H](C)N)cc1.O=C(O)C(F)(F)F. The molecule has 0 unspecified atom stereocenters. The van der Waals surface area contributed by atoms with Crippen molar-refractivity contribution in [2.24, 2.45) is 11.7 Å². The van der Waals surface area contributed by atoms with E-state index >= 15 is 0 Å². The molecule has 0 heterocycles. The van der Waals surface area contributed by atoms with Crippen molar-refractivity contribution in [3.05, 3.63) is 36.4 Å². The number of hydrogen-bond donors (Lipinski definition) is 4. The molecule has 8 nitrogen and oxygen atoms in total. The Labute approximate surface area is 178 Å². The average molecular weight is 447 g/mol. The minimum Gasteiger partial charge on any atom is -0.497 e. The van der Waals surface area contributed by atoms with Crippen LogP contribution in [0.25, 0.3) is 0 Å². The minimum atomic E-state index is -5.08. The van der Waals surface area contributed by atoms with Crippen LogP contribution in [0.2, 0.25) is 0 Å².